The van der Waals surface area contributed by atoms with E-state index < -0.39 is 0 Å². The molecule has 0 aliphatic heterocycles. The first-order valence-corrected chi connectivity index (χ1v) is 7.52. The topological polar surface area (TPSA) is 91.7 Å². The lowest BCUT2D eigenvalue weighted by Crippen LogP contribution is -2.22. The summed E-state index contributed by atoms with van der Waals surface area (Å²) in [4.78, 5) is 13.6. The van der Waals surface area contributed by atoms with Crippen LogP contribution < -0.4 is 5.32 Å². The summed E-state index contributed by atoms with van der Waals surface area (Å²) in [5.74, 6) is 0.453. The van der Waals surface area contributed by atoms with Crippen LogP contribution in [0, 0.1) is 6.92 Å². The molecule has 0 bridgehead atoms. The Bertz CT molecular complexity index is 849. The number of rotatable bonds is 5. The van der Waals surface area contributed by atoms with Gasteiger partial charge >= 0.3 is 0 Å². The van der Waals surface area contributed by atoms with Crippen molar-refractivity contribution in [1.82, 2.24) is 30.1 Å². The van der Waals surface area contributed by atoms with Gasteiger partial charge in [0.05, 0.1) is 24.6 Å². The summed E-state index contributed by atoms with van der Waals surface area (Å²) in [6.07, 6.45) is 3.37. The highest BCUT2D eigenvalue weighted by Crippen LogP contribution is 2.15. The standard InChI is InChI=1S/C16H19N7O/c1-11-6-4-5-7-14(11)23-10-12(19-21-23)8-17-15-13(9-18-20-15)16(24)22(2)3/h4-7,9-10H,8H2,1-3H3,(H2,17,18,20). The number of nitrogens with one attached hydrogen (secondary N) is 2. The Hall–Kier alpha value is -3.16. The molecule has 0 aliphatic carbocycles. The highest BCUT2D eigenvalue weighted by molar-refractivity contribution is 5.98. The van der Waals surface area contributed by atoms with Crippen LogP contribution in [0.4, 0.5) is 5.82 Å². The van der Waals surface area contributed by atoms with Crippen molar-refractivity contribution >= 4 is 11.7 Å². The van der Waals surface area contributed by atoms with Crippen LogP contribution in [0.15, 0.2) is 36.7 Å². The van der Waals surface area contributed by atoms with Gasteiger partial charge in [0.15, 0.2) is 0 Å². The molecular formula is C16H19N7O. The molecular weight excluding hydrogens is 306 g/mol. The molecule has 0 saturated carbocycles. The Kier molecular flexibility index (Phi) is 4.28. The van der Waals surface area contributed by atoms with E-state index in [0.717, 1.165) is 16.9 Å². The number of hydrogen-bond donors (Lipinski definition) is 2. The first kappa shape index (κ1) is 15.7. The van der Waals surface area contributed by atoms with Gasteiger partial charge in [0, 0.05) is 14.1 Å². The highest BCUT2D eigenvalue weighted by Gasteiger charge is 2.15. The second-order valence-corrected chi connectivity index (χ2v) is 5.65. The van der Waals surface area contributed by atoms with Gasteiger partial charge in [0.25, 0.3) is 5.91 Å². The average Bonchev–Trinajstić information content (AvgIpc) is 3.21. The van der Waals surface area contributed by atoms with Gasteiger partial charge in [-0.1, -0.05) is 23.4 Å². The molecule has 2 N–H and O–H groups in total. The number of aryl methyl sites for hydroxylation is 1. The van der Waals surface area contributed by atoms with Crippen LogP contribution in [0.5, 0.6) is 0 Å². The van der Waals surface area contributed by atoms with Gasteiger partial charge in [0.1, 0.15) is 17.1 Å². The van der Waals surface area contributed by atoms with Gasteiger partial charge in [-0.25, -0.2) is 4.68 Å². The Morgan fingerprint density at radius 3 is 2.88 bits per heavy atom. The van der Waals surface area contributed by atoms with E-state index in [4.69, 9.17) is 0 Å². The molecule has 8 heteroatoms. The van der Waals surface area contributed by atoms with Gasteiger partial charge in [-0.2, -0.15) is 5.10 Å². The molecule has 8 nitrogen and oxygen atoms in total. The molecule has 0 fully saturated rings. The zero-order valence-electron chi connectivity index (χ0n) is 13.8. The van der Waals surface area contributed by atoms with E-state index in [1.54, 1.807) is 18.8 Å². The number of amides is 1. The highest BCUT2D eigenvalue weighted by atomic mass is 16.2. The Morgan fingerprint density at radius 2 is 2.12 bits per heavy atom. The number of nitrogens with zero attached hydrogens (tertiary/aromatic N) is 5. The maximum absolute atomic E-state index is 12.1. The van der Waals surface area contributed by atoms with Gasteiger partial charge < -0.3 is 10.2 Å². The van der Waals surface area contributed by atoms with Crippen LogP contribution in [0.3, 0.4) is 0 Å². The zero-order chi connectivity index (χ0) is 17.1. The molecule has 1 aromatic carbocycles. The number of aromatic amines is 1. The summed E-state index contributed by atoms with van der Waals surface area (Å²) in [5.41, 5.74) is 3.36. The number of H-pyrrole nitrogens is 1. The normalized spacial score (nSPS) is 10.6. The van der Waals surface area contributed by atoms with E-state index in [2.05, 4.69) is 25.8 Å². The van der Waals surface area contributed by atoms with Crippen LogP contribution >= 0.6 is 0 Å². The van der Waals surface area contributed by atoms with Crippen molar-refractivity contribution < 1.29 is 4.79 Å². The van der Waals surface area contributed by atoms with Gasteiger partial charge in [-0.3, -0.25) is 9.89 Å². The molecule has 3 rings (SSSR count). The van der Waals surface area contributed by atoms with Crippen LogP contribution in [0.25, 0.3) is 5.69 Å². The quantitative estimate of drug-likeness (QED) is 0.743. The number of carbonyl (C=O) groups excluding carboxylic acids is 1. The molecule has 0 saturated heterocycles. The smallest absolute Gasteiger partial charge is 0.258 e. The summed E-state index contributed by atoms with van der Waals surface area (Å²) in [6.45, 7) is 2.46. The van der Waals surface area contributed by atoms with Gasteiger partial charge in [-0.15, -0.1) is 5.10 Å². The first-order chi connectivity index (χ1) is 11.6. The molecule has 0 aliphatic rings. The van der Waals surface area contributed by atoms with Gasteiger partial charge in [0.2, 0.25) is 0 Å². The molecule has 1 amide bonds. The van der Waals surface area contributed by atoms with Gasteiger partial charge in [-0.05, 0) is 18.6 Å². The van der Waals surface area contributed by atoms with E-state index in [1.807, 2.05) is 37.4 Å². The van der Waals surface area contributed by atoms with E-state index >= 15 is 0 Å². The fourth-order valence-corrected chi connectivity index (χ4v) is 2.32. The number of aromatic nitrogens is 5. The van der Waals surface area contributed by atoms with Crippen LogP contribution in [0.1, 0.15) is 21.6 Å². The summed E-state index contributed by atoms with van der Waals surface area (Å²) in [7, 11) is 3.40. The van der Waals surface area contributed by atoms with E-state index in [9.17, 15) is 4.79 Å². The molecule has 0 atom stereocenters. The second-order valence-electron chi connectivity index (χ2n) is 5.65. The molecule has 0 spiro atoms. The number of benzene rings is 1. The molecule has 2 heterocycles. The SMILES string of the molecule is Cc1ccccc1-n1cc(CNc2[nH]ncc2C(=O)N(C)C)nn1. The molecule has 24 heavy (non-hydrogen) atoms. The lowest BCUT2D eigenvalue weighted by molar-refractivity contribution is 0.0828. The minimum Gasteiger partial charge on any atom is -0.364 e. The minimum absolute atomic E-state index is 0.116. The lowest BCUT2D eigenvalue weighted by Gasteiger charge is -2.10. The minimum atomic E-state index is -0.116. The number of carbonyl (C=O) groups is 1. The summed E-state index contributed by atoms with van der Waals surface area (Å²) in [5, 5.41) is 18.2. The van der Waals surface area contributed by atoms with E-state index in [1.165, 1.54) is 11.1 Å². The van der Waals surface area contributed by atoms with Crippen molar-refractivity contribution in [1.29, 1.82) is 0 Å². The van der Waals surface area contributed by atoms with Crippen LogP contribution in [-0.4, -0.2) is 50.1 Å². The van der Waals surface area contributed by atoms with Crippen LogP contribution in [-0.2, 0) is 6.54 Å². The van der Waals surface area contributed by atoms with Crippen molar-refractivity contribution in [3.8, 4) is 5.69 Å². The van der Waals surface area contributed by atoms with Crippen molar-refractivity contribution in [3.63, 3.8) is 0 Å². The first-order valence-electron chi connectivity index (χ1n) is 7.52. The summed E-state index contributed by atoms with van der Waals surface area (Å²) < 4.78 is 1.74. The maximum atomic E-state index is 12.1. The number of hydrogen-bond acceptors (Lipinski definition) is 5. The predicted molar refractivity (Wildman–Crippen MR) is 90.0 cm³/mol. The molecule has 0 unspecified atom stereocenters. The lowest BCUT2D eigenvalue weighted by atomic mass is 10.2. The fourth-order valence-electron chi connectivity index (χ4n) is 2.32. The van der Waals surface area contributed by atoms with Crippen molar-refractivity contribution in [3.05, 3.63) is 53.5 Å². The second kappa shape index (κ2) is 6.53. The Labute approximate surface area is 139 Å². The third-order valence-electron chi connectivity index (χ3n) is 3.63. The molecule has 0 radical (unpaired) electrons. The van der Waals surface area contributed by atoms with Crippen LogP contribution in [0.2, 0.25) is 0 Å². The summed E-state index contributed by atoms with van der Waals surface area (Å²) >= 11 is 0. The molecule has 2 aromatic heterocycles. The van der Waals surface area contributed by atoms with E-state index in [-0.39, 0.29) is 5.91 Å². The molecule has 124 valence electrons. The largest absolute Gasteiger partial charge is 0.364 e. The Balaban J connectivity index is 1.72. The molecule has 3 aromatic rings. The Morgan fingerprint density at radius 1 is 1.33 bits per heavy atom. The van der Waals surface area contributed by atoms with Crippen molar-refractivity contribution in [2.45, 2.75) is 13.5 Å². The zero-order valence-corrected chi connectivity index (χ0v) is 13.8. The predicted octanol–water partition coefficient (Wildman–Crippen LogP) is 1.61. The third kappa shape index (κ3) is 3.12. The average molecular weight is 325 g/mol. The summed E-state index contributed by atoms with van der Waals surface area (Å²) in [6, 6.07) is 7.97. The van der Waals surface area contributed by atoms with E-state index in [0.29, 0.717) is 17.9 Å². The third-order valence-corrected chi connectivity index (χ3v) is 3.63. The maximum Gasteiger partial charge on any atom is 0.258 e. The number of anilines is 1. The fraction of sp³-hybridized carbons (Fsp3) is 0.250. The van der Waals surface area contributed by atoms with Crippen molar-refractivity contribution in [2.75, 3.05) is 19.4 Å². The number of para-hydroxylation sites is 1. The van der Waals surface area contributed by atoms with Crippen molar-refractivity contribution in [2.24, 2.45) is 0 Å². The monoisotopic (exact) mass is 325 g/mol.